The van der Waals surface area contributed by atoms with Gasteiger partial charge in [0.05, 0.1) is 33.1 Å². The maximum atomic E-state index is 2.69. The van der Waals surface area contributed by atoms with Crippen molar-refractivity contribution in [2.75, 3.05) is 0 Å². The summed E-state index contributed by atoms with van der Waals surface area (Å²) >= 11 is 0. The van der Waals surface area contributed by atoms with E-state index < -0.39 is 0 Å². The first-order valence-electron chi connectivity index (χ1n) is 21.0. The van der Waals surface area contributed by atoms with Crippen molar-refractivity contribution in [1.82, 2.24) is 4.57 Å². The van der Waals surface area contributed by atoms with Crippen LogP contribution < -0.4 is 4.57 Å². The molecule has 0 amide bonds. The lowest BCUT2D eigenvalue weighted by molar-refractivity contribution is -0.768. The summed E-state index contributed by atoms with van der Waals surface area (Å²) in [6.45, 7) is 19.5. The minimum absolute atomic E-state index is 0.0251. The van der Waals surface area contributed by atoms with Crippen LogP contribution in [0.5, 0.6) is 0 Å². The third-order valence-electron chi connectivity index (χ3n) is 15.5. The van der Waals surface area contributed by atoms with Gasteiger partial charge in [0.15, 0.2) is 11.7 Å². The van der Waals surface area contributed by atoms with E-state index >= 15 is 0 Å². The van der Waals surface area contributed by atoms with Crippen LogP contribution in [0.1, 0.15) is 102 Å². The number of hydrogen-bond acceptors (Lipinski definition) is 0. The molecule has 0 spiro atoms. The molecule has 2 nitrogen and oxygen atoms in total. The van der Waals surface area contributed by atoms with Crippen molar-refractivity contribution in [2.45, 2.75) is 96.4 Å². The van der Waals surface area contributed by atoms with Crippen LogP contribution in [0.3, 0.4) is 0 Å². The van der Waals surface area contributed by atoms with E-state index in [1.54, 1.807) is 0 Å². The minimum Gasteiger partial charge on any atom is -0.309 e. The first kappa shape index (κ1) is 33.8. The molecule has 11 rings (SSSR count). The third kappa shape index (κ3) is 3.86. The summed E-state index contributed by atoms with van der Waals surface area (Å²) in [5, 5.41) is 5.39. The second kappa shape index (κ2) is 11.1. The molecule has 56 heavy (non-hydrogen) atoms. The summed E-state index contributed by atoms with van der Waals surface area (Å²) in [4.78, 5) is 0. The smallest absolute Gasteiger partial charge is 0.221 e. The average molecular weight is 728 g/mol. The van der Waals surface area contributed by atoms with Crippen molar-refractivity contribution in [1.29, 1.82) is 0 Å². The first-order valence-corrected chi connectivity index (χ1v) is 21.0. The van der Waals surface area contributed by atoms with E-state index in [2.05, 4.69) is 192 Å². The lowest BCUT2D eigenvalue weighted by Gasteiger charge is -2.48. The molecule has 0 N–H and O–H groups in total. The van der Waals surface area contributed by atoms with Crippen LogP contribution in [-0.2, 0) is 21.8 Å². The van der Waals surface area contributed by atoms with Gasteiger partial charge in [-0.15, -0.1) is 0 Å². The van der Waals surface area contributed by atoms with Gasteiger partial charge in [-0.1, -0.05) is 127 Å². The number of rotatable bonds is 4. The molecule has 3 aliphatic rings. The summed E-state index contributed by atoms with van der Waals surface area (Å²) < 4.78 is 5.28. The maximum absolute atomic E-state index is 2.69. The van der Waals surface area contributed by atoms with Gasteiger partial charge in [-0.3, -0.25) is 0 Å². The van der Waals surface area contributed by atoms with Crippen molar-refractivity contribution < 1.29 is 4.57 Å². The van der Waals surface area contributed by atoms with Gasteiger partial charge in [0.25, 0.3) is 0 Å². The highest BCUT2D eigenvalue weighted by atomic mass is 15.1. The molecule has 0 bridgehead atoms. The number of nitrogens with zero attached hydrogens (tertiary/aromatic N) is 2. The van der Waals surface area contributed by atoms with Crippen molar-refractivity contribution >= 4 is 32.6 Å². The molecule has 0 saturated carbocycles. The molecule has 0 fully saturated rings. The van der Waals surface area contributed by atoms with Gasteiger partial charge in [-0.25, -0.2) is 0 Å². The molecule has 2 heteroatoms. The second-order valence-corrected chi connectivity index (χ2v) is 18.3. The molecule has 8 aromatic rings. The summed E-state index contributed by atoms with van der Waals surface area (Å²) in [5.74, 6) is 0. The maximum Gasteiger partial charge on any atom is 0.221 e. The second-order valence-electron chi connectivity index (χ2n) is 18.3. The highest BCUT2D eigenvalue weighted by Gasteiger charge is 2.58. The molecule has 2 aliphatic heterocycles. The van der Waals surface area contributed by atoms with E-state index in [0.717, 1.165) is 19.3 Å². The number of para-hydroxylation sites is 1. The van der Waals surface area contributed by atoms with Crippen molar-refractivity contribution in [3.8, 4) is 39.2 Å². The zero-order valence-electron chi connectivity index (χ0n) is 34.1. The van der Waals surface area contributed by atoms with E-state index in [9.17, 15) is 0 Å². The molecule has 4 heterocycles. The van der Waals surface area contributed by atoms with Crippen molar-refractivity contribution in [3.63, 3.8) is 0 Å². The van der Waals surface area contributed by atoms with Crippen LogP contribution in [-0.4, -0.2) is 4.57 Å². The lowest BCUT2D eigenvalue weighted by Crippen LogP contribution is -2.68. The molecule has 1 atom stereocenters. The summed E-state index contributed by atoms with van der Waals surface area (Å²) in [6.07, 6.45) is 5.64. The van der Waals surface area contributed by atoms with Gasteiger partial charge >= 0.3 is 0 Å². The van der Waals surface area contributed by atoms with E-state index in [0.29, 0.717) is 0 Å². The van der Waals surface area contributed by atoms with Gasteiger partial charge in [0.1, 0.15) is 0 Å². The highest BCUT2D eigenvalue weighted by Crippen LogP contribution is 2.57. The van der Waals surface area contributed by atoms with Crippen LogP contribution in [0.4, 0.5) is 0 Å². The fourth-order valence-corrected chi connectivity index (χ4v) is 12.4. The number of benzene rings is 6. The topological polar surface area (TPSA) is 8.81 Å². The van der Waals surface area contributed by atoms with Gasteiger partial charge < -0.3 is 4.57 Å². The highest BCUT2D eigenvalue weighted by molar-refractivity contribution is 6.17. The Hall–Kier alpha value is -5.47. The standard InChI is InChI=1S/C54H51N2/c1-9-53(8)42-26-24-34(30-39(42)49-36-19-13-12-18-33(36)28-29-55(49)54(53,10-2)11-3)35-31-40-47-46(27-25-38-37-20-14-15-21-41(37)52(6,7)48(38)47)56-45-23-17-16-22-43(45)51(4,5)44(32-35)50(40)56/h12-32H,9-11H2,1-8H3/q+1. The lowest BCUT2D eigenvalue weighted by atomic mass is 9.58. The third-order valence-corrected chi connectivity index (χ3v) is 15.5. The van der Waals surface area contributed by atoms with E-state index in [-0.39, 0.29) is 21.8 Å². The Morgan fingerprint density at radius 3 is 2.05 bits per heavy atom. The number of fused-ring (bicyclic) bond motifs is 14. The largest absolute Gasteiger partial charge is 0.309 e. The zero-order chi connectivity index (χ0) is 38.5. The van der Waals surface area contributed by atoms with Gasteiger partial charge in [-0.2, -0.15) is 4.57 Å². The molecule has 0 radical (unpaired) electrons. The zero-order valence-corrected chi connectivity index (χ0v) is 34.1. The van der Waals surface area contributed by atoms with Crippen LogP contribution in [0.25, 0.3) is 71.8 Å². The Morgan fingerprint density at radius 1 is 0.536 bits per heavy atom. The van der Waals surface area contributed by atoms with Gasteiger partial charge in [0.2, 0.25) is 5.69 Å². The molecule has 0 saturated heterocycles. The average Bonchev–Trinajstić information content (AvgIpc) is 3.68. The first-order chi connectivity index (χ1) is 27.0. The van der Waals surface area contributed by atoms with Crippen LogP contribution in [0, 0.1) is 0 Å². The van der Waals surface area contributed by atoms with E-state index in [1.807, 2.05) is 0 Å². The number of hydrogen-bond donors (Lipinski definition) is 0. The molecule has 276 valence electrons. The van der Waals surface area contributed by atoms with E-state index in [4.69, 9.17) is 0 Å². The Morgan fingerprint density at radius 2 is 1.27 bits per heavy atom. The monoisotopic (exact) mass is 727 g/mol. The quantitative estimate of drug-likeness (QED) is 0.160. The predicted molar refractivity (Wildman–Crippen MR) is 235 cm³/mol. The van der Waals surface area contributed by atoms with Gasteiger partial charge in [-0.05, 0) is 105 Å². The molecule has 6 aromatic carbocycles. The molecular formula is C54H51N2+. The fraction of sp³-hybridized carbons (Fsp3) is 0.278. The minimum atomic E-state index is -0.188. The number of aromatic nitrogens is 2. The van der Waals surface area contributed by atoms with Crippen LogP contribution >= 0.6 is 0 Å². The summed E-state index contributed by atoms with van der Waals surface area (Å²) in [5.41, 5.74) is 18.8. The number of pyridine rings is 1. The predicted octanol–water partition coefficient (Wildman–Crippen LogP) is 13.7. The summed E-state index contributed by atoms with van der Waals surface area (Å²) in [6, 6.07) is 46.9. The Kier molecular flexibility index (Phi) is 6.70. The summed E-state index contributed by atoms with van der Waals surface area (Å²) in [7, 11) is 0. The fourth-order valence-electron chi connectivity index (χ4n) is 12.4. The normalized spacial score (nSPS) is 19.1. The Labute approximate surface area is 331 Å². The van der Waals surface area contributed by atoms with E-state index in [1.165, 1.54) is 99.6 Å². The molecule has 1 aliphatic carbocycles. The van der Waals surface area contributed by atoms with Crippen LogP contribution in [0.2, 0.25) is 0 Å². The van der Waals surface area contributed by atoms with Crippen LogP contribution in [0.15, 0.2) is 128 Å². The molecular weight excluding hydrogens is 677 g/mol. The Bertz CT molecular complexity index is 3000. The Balaban J connectivity index is 1.26. The SMILES string of the molecule is CCC1(C)c2ccc(-c3cc4c5c(c3)c3c6c(ccc3n5-c3ccccc3C4(C)C)-c3ccccc3C6(C)C)cc2-c2c3ccccc3cc[n+]2C1(CC)CC. The van der Waals surface area contributed by atoms with Gasteiger partial charge in [0, 0.05) is 40.5 Å². The van der Waals surface area contributed by atoms with Crippen molar-refractivity contribution in [2.24, 2.45) is 0 Å². The molecule has 2 aromatic heterocycles. The molecule has 1 unspecified atom stereocenters. The van der Waals surface area contributed by atoms with Crippen molar-refractivity contribution in [3.05, 3.63) is 155 Å².